The van der Waals surface area contributed by atoms with Crippen LogP contribution in [0.2, 0.25) is 0 Å². The van der Waals surface area contributed by atoms with E-state index in [1.165, 1.54) is 27.3 Å². The van der Waals surface area contributed by atoms with E-state index in [4.69, 9.17) is 4.74 Å². The van der Waals surface area contributed by atoms with Gasteiger partial charge in [-0.15, -0.1) is 0 Å². The molecule has 0 bridgehead atoms. The highest BCUT2D eigenvalue weighted by Gasteiger charge is 2.19. The molecule has 29 heavy (non-hydrogen) atoms. The van der Waals surface area contributed by atoms with Crippen molar-refractivity contribution in [1.29, 1.82) is 0 Å². The van der Waals surface area contributed by atoms with Crippen LogP contribution < -0.4 is 4.74 Å². The largest absolute Gasteiger partial charge is 0.454 e. The number of fused-ring (bicyclic) bond motifs is 1. The number of alkyl halides is 1. The minimum atomic E-state index is -0.474. The molecule has 2 heterocycles. The standard InChI is InChI=1S/C18H11BrF2I2N3OPS/c19-9-13-11-3-5-25(29-23)17(11)8-15(21)18(13)27-10-1-2-14(20)12(7-10)16-4-6-26(24-16)28-22/h1-8,28H,9H2. The Labute approximate surface area is 204 Å². The molecule has 4 rings (SSSR count). The lowest BCUT2D eigenvalue weighted by atomic mass is 10.1. The molecular formula is C18H11BrF2I2N3OPS. The lowest BCUT2D eigenvalue weighted by Crippen LogP contribution is -1.97. The monoisotopic (exact) mass is 719 g/mol. The quantitative estimate of drug-likeness (QED) is 0.115. The Balaban J connectivity index is 1.77. The first kappa shape index (κ1) is 21.8. The Morgan fingerprint density at radius 1 is 1.14 bits per heavy atom. The normalized spacial score (nSPS) is 11.8. The second-order valence-corrected chi connectivity index (χ2v) is 10.3. The van der Waals surface area contributed by atoms with E-state index in [0.717, 1.165) is 10.9 Å². The molecule has 0 aliphatic carbocycles. The summed E-state index contributed by atoms with van der Waals surface area (Å²) >= 11 is 7.79. The third kappa shape index (κ3) is 4.32. The number of ether oxygens (including phenoxy) is 1. The zero-order chi connectivity index (χ0) is 20.5. The molecule has 0 aliphatic heterocycles. The van der Waals surface area contributed by atoms with Crippen LogP contribution in [0.1, 0.15) is 5.56 Å². The molecule has 2 aromatic carbocycles. The second-order valence-electron chi connectivity index (χ2n) is 5.92. The van der Waals surface area contributed by atoms with Gasteiger partial charge in [-0.25, -0.2) is 13.2 Å². The number of nitrogens with zero attached hydrogens (tertiary/aromatic N) is 3. The van der Waals surface area contributed by atoms with Crippen LogP contribution in [0.15, 0.2) is 48.8 Å². The Hall–Kier alpha value is -0.430. The SMILES string of the molecule is Fc1ccc(Oc2c(F)cc3c(ccn3SI)c2CBr)cc1-c1ccn(PI)n1. The molecule has 0 saturated carbocycles. The van der Waals surface area contributed by atoms with E-state index in [1.54, 1.807) is 22.8 Å². The van der Waals surface area contributed by atoms with Crippen LogP contribution in [-0.2, 0) is 5.33 Å². The Kier molecular flexibility index (Phi) is 7.04. The summed E-state index contributed by atoms with van der Waals surface area (Å²) in [6.07, 6.45) is 4.10. The summed E-state index contributed by atoms with van der Waals surface area (Å²) in [6.45, 7) is 0. The summed E-state index contributed by atoms with van der Waals surface area (Å²) < 4.78 is 38.9. The van der Waals surface area contributed by atoms with Crippen LogP contribution >= 0.6 is 74.7 Å². The molecule has 4 aromatic rings. The van der Waals surface area contributed by atoms with E-state index in [-0.39, 0.29) is 5.75 Å². The van der Waals surface area contributed by atoms with Crippen LogP contribution in [0.5, 0.6) is 11.5 Å². The molecule has 0 spiro atoms. The molecule has 0 radical (unpaired) electrons. The summed E-state index contributed by atoms with van der Waals surface area (Å²) in [5.74, 6) is -0.413. The van der Waals surface area contributed by atoms with E-state index in [9.17, 15) is 8.78 Å². The van der Waals surface area contributed by atoms with Gasteiger partial charge in [0, 0.05) is 70.6 Å². The van der Waals surface area contributed by atoms with Crippen molar-refractivity contribution in [2.24, 2.45) is 0 Å². The summed E-state index contributed by atoms with van der Waals surface area (Å²) in [5.41, 5.74) is 2.29. The fourth-order valence-electron chi connectivity index (χ4n) is 2.98. The molecule has 1 unspecified atom stereocenters. The van der Waals surface area contributed by atoms with Gasteiger partial charge in [-0.1, -0.05) is 15.9 Å². The van der Waals surface area contributed by atoms with Crippen molar-refractivity contribution < 1.29 is 13.5 Å². The van der Waals surface area contributed by atoms with Crippen molar-refractivity contribution in [2.45, 2.75) is 5.33 Å². The zero-order valence-corrected chi connectivity index (χ0v) is 22.1. The van der Waals surface area contributed by atoms with Crippen molar-refractivity contribution >= 4 is 85.6 Å². The molecule has 2 aromatic heterocycles. The van der Waals surface area contributed by atoms with Crippen molar-refractivity contribution in [1.82, 2.24) is 13.5 Å². The summed E-state index contributed by atoms with van der Waals surface area (Å²) in [6, 6.07) is 9.47. The molecule has 0 fully saturated rings. The van der Waals surface area contributed by atoms with Crippen molar-refractivity contribution in [3.63, 3.8) is 0 Å². The van der Waals surface area contributed by atoms with Gasteiger partial charge < -0.3 is 4.74 Å². The number of halogens is 5. The minimum absolute atomic E-state index is 0.127. The maximum absolute atomic E-state index is 14.9. The van der Waals surface area contributed by atoms with Crippen molar-refractivity contribution in [3.8, 4) is 22.8 Å². The summed E-state index contributed by atoms with van der Waals surface area (Å²) in [7, 11) is 1.46. The molecule has 0 saturated heterocycles. The van der Waals surface area contributed by atoms with E-state index < -0.39 is 11.6 Å². The zero-order valence-electron chi connectivity index (χ0n) is 14.4. The van der Waals surface area contributed by atoms with E-state index in [0.29, 0.717) is 34.3 Å². The topological polar surface area (TPSA) is 32.0 Å². The lowest BCUT2D eigenvalue weighted by molar-refractivity contribution is 0.439. The van der Waals surface area contributed by atoms with Gasteiger partial charge in [-0.2, -0.15) is 5.10 Å². The number of rotatable bonds is 6. The average Bonchev–Trinajstić information content (AvgIpc) is 3.36. The van der Waals surface area contributed by atoms with Gasteiger partial charge in [0.05, 0.1) is 17.6 Å². The maximum Gasteiger partial charge on any atom is 0.168 e. The first-order chi connectivity index (χ1) is 14.0. The number of aromatic nitrogens is 3. The number of hydrogen-bond donors (Lipinski definition) is 0. The minimum Gasteiger partial charge on any atom is -0.454 e. The van der Waals surface area contributed by atoms with Crippen LogP contribution in [0.25, 0.3) is 22.2 Å². The fourth-order valence-corrected chi connectivity index (χ4v) is 5.98. The van der Waals surface area contributed by atoms with Crippen LogP contribution in [0.4, 0.5) is 8.78 Å². The molecule has 0 N–H and O–H groups in total. The summed E-state index contributed by atoms with van der Waals surface area (Å²) in [5, 5.41) is 5.66. The van der Waals surface area contributed by atoms with Gasteiger partial charge in [0.15, 0.2) is 11.6 Å². The molecule has 4 nitrogen and oxygen atoms in total. The first-order valence-electron chi connectivity index (χ1n) is 8.13. The third-order valence-corrected chi connectivity index (χ3v) is 8.49. The molecule has 11 heteroatoms. The van der Waals surface area contributed by atoms with Gasteiger partial charge in [-0.05, 0) is 52.4 Å². The van der Waals surface area contributed by atoms with Gasteiger partial charge >= 0.3 is 0 Å². The van der Waals surface area contributed by atoms with Crippen molar-refractivity contribution in [2.75, 3.05) is 0 Å². The fraction of sp³-hybridized carbons (Fsp3) is 0.0556. The van der Waals surface area contributed by atoms with Gasteiger partial charge in [-0.3, -0.25) is 3.97 Å². The van der Waals surface area contributed by atoms with Crippen LogP contribution in [0.3, 0.4) is 0 Å². The first-order valence-corrected chi connectivity index (χ1v) is 16.6. The highest BCUT2D eigenvalue weighted by Crippen LogP contribution is 2.39. The van der Waals surface area contributed by atoms with E-state index in [2.05, 4.69) is 64.3 Å². The number of benzene rings is 2. The molecular weight excluding hydrogens is 709 g/mol. The summed E-state index contributed by atoms with van der Waals surface area (Å²) in [4.78, 5) is 0. The van der Waals surface area contributed by atoms with E-state index >= 15 is 0 Å². The Morgan fingerprint density at radius 3 is 2.66 bits per heavy atom. The molecule has 150 valence electrons. The van der Waals surface area contributed by atoms with Crippen molar-refractivity contribution in [3.05, 3.63) is 66.0 Å². The van der Waals surface area contributed by atoms with Gasteiger partial charge in [0.2, 0.25) is 0 Å². The maximum atomic E-state index is 14.9. The highest BCUT2D eigenvalue weighted by atomic mass is 127. The third-order valence-electron chi connectivity index (χ3n) is 4.29. The predicted octanol–water partition coefficient (Wildman–Crippen LogP) is 8.11. The van der Waals surface area contributed by atoms with Gasteiger partial charge in [0.1, 0.15) is 11.6 Å². The number of hydrogen-bond acceptors (Lipinski definition) is 3. The van der Waals surface area contributed by atoms with Gasteiger partial charge in [0.25, 0.3) is 0 Å². The smallest absolute Gasteiger partial charge is 0.168 e. The second kappa shape index (κ2) is 9.37. The van der Waals surface area contributed by atoms with Crippen LogP contribution in [-0.4, -0.2) is 13.5 Å². The predicted molar refractivity (Wildman–Crippen MR) is 137 cm³/mol. The molecule has 0 amide bonds. The Bertz CT molecular complexity index is 1200. The highest BCUT2D eigenvalue weighted by molar-refractivity contribution is 14.2. The average molecular weight is 720 g/mol. The Morgan fingerprint density at radius 2 is 1.97 bits per heavy atom. The molecule has 0 aliphatic rings. The lowest BCUT2D eigenvalue weighted by Gasteiger charge is -2.13. The van der Waals surface area contributed by atoms with Crippen LogP contribution in [0, 0.1) is 11.6 Å². The van der Waals surface area contributed by atoms with E-state index in [1.807, 2.05) is 16.2 Å². The molecule has 1 atom stereocenters.